The average Bonchev–Trinajstić information content (AvgIpc) is 2.74. The van der Waals surface area contributed by atoms with Gasteiger partial charge < -0.3 is 10.1 Å². The van der Waals surface area contributed by atoms with E-state index in [2.05, 4.69) is 10.0 Å². The highest BCUT2D eigenvalue weighted by Gasteiger charge is 2.22. The normalized spacial score (nSPS) is 15.8. The van der Waals surface area contributed by atoms with Gasteiger partial charge in [0.15, 0.2) is 0 Å². The maximum Gasteiger partial charge on any atom is 0.251 e. The lowest BCUT2D eigenvalue weighted by Crippen LogP contribution is -2.35. The molecule has 0 atom stereocenters. The van der Waals surface area contributed by atoms with Gasteiger partial charge in [-0.1, -0.05) is 62.4 Å². The summed E-state index contributed by atoms with van der Waals surface area (Å²) in [6, 6.07) is 13.9. The van der Waals surface area contributed by atoms with Gasteiger partial charge in [-0.15, -0.1) is 0 Å². The van der Waals surface area contributed by atoms with E-state index in [9.17, 15) is 13.2 Å². The van der Waals surface area contributed by atoms with Crippen molar-refractivity contribution >= 4 is 15.9 Å². The van der Waals surface area contributed by atoms with E-state index in [0.29, 0.717) is 5.56 Å². The Morgan fingerprint density at radius 1 is 1.00 bits per heavy atom. The summed E-state index contributed by atoms with van der Waals surface area (Å²) < 4.78 is 33.7. The van der Waals surface area contributed by atoms with Gasteiger partial charge in [-0.2, -0.15) is 0 Å². The molecular formula is C23H30N2O4S. The predicted molar refractivity (Wildman–Crippen MR) is 117 cm³/mol. The molecule has 0 saturated heterocycles. The molecule has 2 aromatic rings. The Balaban J connectivity index is 1.75. The monoisotopic (exact) mass is 430 g/mol. The third kappa shape index (κ3) is 6.06. The highest BCUT2D eigenvalue weighted by Crippen LogP contribution is 2.25. The van der Waals surface area contributed by atoms with Gasteiger partial charge in [0.1, 0.15) is 10.6 Å². The van der Waals surface area contributed by atoms with E-state index in [-0.39, 0.29) is 29.1 Å². The number of ether oxygens (including phenoxy) is 1. The Morgan fingerprint density at radius 3 is 2.33 bits per heavy atom. The lowest BCUT2D eigenvalue weighted by molar-refractivity contribution is 0.0930. The number of nitrogens with one attached hydrogen (secondary N) is 2. The molecular weight excluding hydrogens is 400 g/mol. The molecule has 162 valence electrons. The van der Waals surface area contributed by atoms with Crippen LogP contribution in [0.4, 0.5) is 0 Å². The summed E-state index contributed by atoms with van der Waals surface area (Å²) in [5.41, 5.74) is 1.16. The first kappa shape index (κ1) is 22.3. The number of benzene rings is 2. The Kier molecular flexibility index (Phi) is 7.87. The molecule has 0 heterocycles. The minimum atomic E-state index is -3.86. The van der Waals surface area contributed by atoms with Crippen LogP contribution >= 0.6 is 0 Å². The van der Waals surface area contributed by atoms with Crippen molar-refractivity contribution in [1.29, 1.82) is 0 Å². The van der Waals surface area contributed by atoms with Crippen molar-refractivity contribution in [3.05, 3.63) is 59.7 Å². The number of sulfonamides is 1. The maximum atomic E-state index is 12.9. The quantitative estimate of drug-likeness (QED) is 0.695. The number of carbonyl (C=O) groups is 1. The van der Waals surface area contributed by atoms with Gasteiger partial charge in [0, 0.05) is 18.2 Å². The van der Waals surface area contributed by atoms with E-state index in [0.717, 1.165) is 31.2 Å². The summed E-state index contributed by atoms with van der Waals surface area (Å²) >= 11 is 0. The molecule has 7 heteroatoms. The second kappa shape index (κ2) is 10.6. The number of rotatable bonds is 7. The topological polar surface area (TPSA) is 84.5 Å². The molecule has 1 fully saturated rings. The molecule has 0 unspecified atom stereocenters. The fraction of sp³-hybridized carbons (Fsp3) is 0.435. The van der Waals surface area contributed by atoms with Crippen LogP contribution < -0.4 is 14.8 Å². The lowest BCUT2D eigenvalue weighted by Gasteiger charge is -2.21. The maximum absolute atomic E-state index is 12.9. The molecule has 2 aromatic carbocycles. The van der Waals surface area contributed by atoms with Crippen molar-refractivity contribution in [1.82, 2.24) is 10.0 Å². The molecule has 6 nitrogen and oxygen atoms in total. The smallest absolute Gasteiger partial charge is 0.251 e. The van der Waals surface area contributed by atoms with Gasteiger partial charge >= 0.3 is 0 Å². The van der Waals surface area contributed by atoms with Gasteiger partial charge in [-0.05, 0) is 36.6 Å². The molecule has 1 aliphatic rings. The zero-order chi connectivity index (χ0) is 21.4. The number of hydrogen-bond donors (Lipinski definition) is 2. The first-order valence-corrected chi connectivity index (χ1v) is 12.0. The van der Waals surface area contributed by atoms with Gasteiger partial charge in [0.25, 0.3) is 5.91 Å². The summed E-state index contributed by atoms with van der Waals surface area (Å²) in [7, 11) is -2.44. The predicted octanol–water partition coefficient (Wildman–Crippen LogP) is 4.02. The molecule has 0 radical (unpaired) electrons. The molecule has 2 N–H and O–H groups in total. The standard InChI is InChI=1S/C23H30N2O4S/c1-29-21-15-14-19(23(26)25-20-12-8-3-2-4-9-13-20)16-22(21)30(27,28)24-17-18-10-6-5-7-11-18/h5-7,10-11,14-16,20,24H,2-4,8-9,12-13,17H2,1H3,(H,25,26). The van der Waals surface area contributed by atoms with Crippen LogP contribution in [0.2, 0.25) is 0 Å². The van der Waals surface area contributed by atoms with Crippen molar-refractivity contribution in [2.75, 3.05) is 7.11 Å². The SMILES string of the molecule is COc1ccc(C(=O)NC2CCCCCCC2)cc1S(=O)(=O)NCc1ccccc1. The van der Waals surface area contributed by atoms with E-state index in [1.807, 2.05) is 30.3 Å². The zero-order valence-electron chi connectivity index (χ0n) is 17.4. The van der Waals surface area contributed by atoms with E-state index in [4.69, 9.17) is 4.74 Å². The number of hydrogen-bond acceptors (Lipinski definition) is 4. The first-order chi connectivity index (χ1) is 14.5. The van der Waals surface area contributed by atoms with Crippen molar-refractivity contribution in [3.8, 4) is 5.75 Å². The summed E-state index contributed by atoms with van der Waals surface area (Å²) in [5, 5.41) is 3.08. The third-order valence-corrected chi connectivity index (χ3v) is 6.89. The van der Waals surface area contributed by atoms with Crippen LogP contribution in [0.25, 0.3) is 0 Å². The van der Waals surface area contributed by atoms with Crippen LogP contribution in [-0.2, 0) is 16.6 Å². The van der Waals surface area contributed by atoms with Crippen molar-refractivity contribution in [2.45, 2.75) is 62.4 Å². The molecule has 0 aromatic heterocycles. The molecule has 1 aliphatic carbocycles. The minimum absolute atomic E-state index is 0.0359. The van der Waals surface area contributed by atoms with Crippen molar-refractivity contribution in [2.24, 2.45) is 0 Å². The highest BCUT2D eigenvalue weighted by atomic mass is 32.2. The van der Waals surface area contributed by atoms with E-state index >= 15 is 0 Å². The summed E-state index contributed by atoms with van der Waals surface area (Å²) in [6.07, 6.45) is 7.80. The Bertz CT molecular complexity index is 937. The molecule has 30 heavy (non-hydrogen) atoms. The summed E-state index contributed by atoms with van der Waals surface area (Å²) in [5.74, 6) is -0.0409. The van der Waals surface area contributed by atoms with Crippen molar-refractivity contribution in [3.63, 3.8) is 0 Å². The Labute approximate surface area is 179 Å². The van der Waals surface area contributed by atoms with Crippen molar-refractivity contribution < 1.29 is 17.9 Å². The molecule has 0 bridgehead atoms. The Morgan fingerprint density at radius 2 is 1.67 bits per heavy atom. The highest BCUT2D eigenvalue weighted by molar-refractivity contribution is 7.89. The zero-order valence-corrected chi connectivity index (χ0v) is 18.2. The third-order valence-electron chi connectivity index (χ3n) is 5.46. The van der Waals surface area contributed by atoms with Crippen LogP contribution in [0.5, 0.6) is 5.75 Å². The summed E-state index contributed by atoms with van der Waals surface area (Å²) in [4.78, 5) is 12.8. The second-order valence-corrected chi connectivity index (χ2v) is 9.43. The second-order valence-electron chi connectivity index (χ2n) is 7.69. The van der Waals surface area contributed by atoms with Gasteiger partial charge in [-0.25, -0.2) is 13.1 Å². The lowest BCUT2D eigenvalue weighted by atomic mass is 9.96. The number of methoxy groups -OCH3 is 1. The number of amides is 1. The first-order valence-electron chi connectivity index (χ1n) is 10.5. The largest absolute Gasteiger partial charge is 0.495 e. The average molecular weight is 431 g/mol. The van der Waals surface area contributed by atoms with E-state index < -0.39 is 10.0 Å². The molecule has 0 aliphatic heterocycles. The molecule has 3 rings (SSSR count). The van der Waals surface area contributed by atoms with Gasteiger partial charge in [-0.3, -0.25) is 4.79 Å². The van der Waals surface area contributed by atoms with Crippen LogP contribution in [0.3, 0.4) is 0 Å². The van der Waals surface area contributed by atoms with Crippen LogP contribution in [0.15, 0.2) is 53.4 Å². The molecule has 1 saturated carbocycles. The fourth-order valence-electron chi connectivity index (χ4n) is 3.75. The van der Waals surface area contributed by atoms with Gasteiger partial charge in [0.2, 0.25) is 10.0 Å². The molecule has 0 spiro atoms. The Hall–Kier alpha value is -2.38. The van der Waals surface area contributed by atoms with Gasteiger partial charge in [0.05, 0.1) is 7.11 Å². The summed E-state index contributed by atoms with van der Waals surface area (Å²) in [6.45, 7) is 0.158. The fourth-order valence-corrected chi connectivity index (χ4v) is 4.96. The van der Waals surface area contributed by atoms with Crippen LogP contribution in [-0.4, -0.2) is 27.5 Å². The molecule has 1 amide bonds. The van der Waals surface area contributed by atoms with Crippen LogP contribution in [0.1, 0.15) is 60.9 Å². The number of carbonyl (C=O) groups excluding carboxylic acids is 1. The van der Waals surface area contributed by atoms with Crippen LogP contribution in [0, 0.1) is 0 Å². The van der Waals surface area contributed by atoms with E-state index in [1.54, 1.807) is 6.07 Å². The van der Waals surface area contributed by atoms with E-state index in [1.165, 1.54) is 38.5 Å². The minimum Gasteiger partial charge on any atom is -0.495 e.